The molecule has 2 unspecified atom stereocenters. The van der Waals surface area contributed by atoms with Crippen LogP contribution >= 0.6 is 0 Å². The van der Waals surface area contributed by atoms with Gasteiger partial charge < -0.3 is 24.4 Å². The van der Waals surface area contributed by atoms with Gasteiger partial charge in [0.1, 0.15) is 11.9 Å². The fourth-order valence-corrected chi connectivity index (χ4v) is 5.94. The lowest BCUT2D eigenvalue weighted by Crippen LogP contribution is -2.36. The Labute approximate surface area is 244 Å². The van der Waals surface area contributed by atoms with Crippen molar-refractivity contribution in [1.82, 2.24) is 0 Å². The summed E-state index contributed by atoms with van der Waals surface area (Å²) in [6.07, 6.45) is 10.1. The number of ether oxygens (including phenoxy) is 3. The highest BCUT2D eigenvalue weighted by atomic mass is 19.3. The highest BCUT2D eigenvalue weighted by Gasteiger charge is 2.45. The van der Waals surface area contributed by atoms with Gasteiger partial charge in [0.2, 0.25) is 0 Å². The van der Waals surface area contributed by atoms with E-state index >= 15 is 0 Å². The molecule has 0 amide bonds. The van der Waals surface area contributed by atoms with Crippen LogP contribution < -0.4 is 4.74 Å². The largest absolute Gasteiger partial charge is 0.427 e. The Hall–Kier alpha value is -1.87. The zero-order valence-corrected chi connectivity index (χ0v) is 24.6. The van der Waals surface area contributed by atoms with Crippen molar-refractivity contribution in [2.45, 2.75) is 134 Å². The lowest BCUT2D eigenvalue weighted by molar-refractivity contribution is -0.197. The minimum atomic E-state index is -3.11. The summed E-state index contributed by atoms with van der Waals surface area (Å²) in [6.45, 7) is 2.51. The molecule has 1 saturated carbocycles. The third kappa shape index (κ3) is 11.7. The van der Waals surface area contributed by atoms with Crippen molar-refractivity contribution in [3.05, 3.63) is 42.5 Å². The van der Waals surface area contributed by atoms with E-state index in [0.29, 0.717) is 50.9 Å². The number of aliphatic hydroxyl groups is 2. The van der Waals surface area contributed by atoms with Crippen LogP contribution in [0.25, 0.3) is 0 Å². The second-order valence-corrected chi connectivity index (χ2v) is 11.7. The van der Waals surface area contributed by atoms with E-state index in [0.717, 1.165) is 44.9 Å². The van der Waals surface area contributed by atoms with Gasteiger partial charge in [-0.15, -0.1) is 0 Å². The predicted molar refractivity (Wildman–Crippen MR) is 155 cm³/mol. The first-order valence-corrected chi connectivity index (χ1v) is 15.7. The monoisotopic (exact) mass is 580 g/mol. The van der Waals surface area contributed by atoms with E-state index in [1.54, 1.807) is 12.1 Å². The molecule has 1 aromatic carbocycles. The lowest BCUT2D eigenvalue weighted by atomic mass is 9.85. The summed E-state index contributed by atoms with van der Waals surface area (Å²) in [5.74, 6) is -3.02. The van der Waals surface area contributed by atoms with Crippen LogP contribution in [0.4, 0.5) is 8.78 Å². The molecular formula is C33H50F2O6. The van der Waals surface area contributed by atoms with E-state index < -0.39 is 18.1 Å². The number of allylic oxidation sites excluding steroid dienone is 2. The van der Waals surface area contributed by atoms with E-state index in [1.807, 2.05) is 25.1 Å². The van der Waals surface area contributed by atoms with E-state index in [-0.39, 0.29) is 43.0 Å². The van der Waals surface area contributed by atoms with Gasteiger partial charge in [-0.25, -0.2) is 8.78 Å². The molecule has 0 bridgehead atoms. The summed E-state index contributed by atoms with van der Waals surface area (Å²) in [6, 6.07) is 9.06. The van der Waals surface area contributed by atoms with Gasteiger partial charge in [0.15, 0.2) is 6.29 Å². The van der Waals surface area contributed by atoms with Crippen LogP contribution in [0.1, 0.15) is 103 Å². The van der Waals surface area contributed by atoms with E-state index in [4.69, 9.17) is 14.2 Å². The number of esters is 1. The van der Waals surface area contributed by atoms with Crippen molar-refractivity contribution in [2.24, 2.45) is 11.8 Å². The minimum Gasteiger partial charge on any atom is -0.427 e. The average Bonchev–Trinajstić information content (AvgIpc) is 3.26. The van der Waals surface area contributed by atoms with Crippen molar-refractivity contribution in [3.8, 4) is 5.75 Å². The van der Waals surface area contributed by atoms with Crippen LogP contribution in [0, 0.1) is 11.8 Å². The Morgan fingerprint density at radius 2 is 1.93 bits per heavy atom. The number of carbonyl (C=O) groups excluding carboxylic acids is 1. The summed E-state index contributed by atoms with van der Waals surface area (Å²) in [4.78, 5) is 12.0. The Morgan fingerprint density at radius 1 is 1.12 bits per heavy atom. The Kier molecular flexibility index (Phi) is 14.7. The summed E-state index contributed by atoms with van der Waals surface area (Å²) in [7, 11) is 0. The summed E-state index contributed by atoms with van der Waals surface area (Å²) in [5.41, 5.74) is 0. The van der Waals surface area contributed by atoms with Crippen LogP contribution in [-0.4, -0.2) is 53.3 Å². The number of benzene rings is 1. The quantitative estimate of drug-likeness (QED) is 0.0817. The number of aliphatic hydroxyl groups excluding tert-OH is 2. The van der Waals surface area contributed by atoms with Crippen LogP contribution in [0.2, 0.25) is 0 Å². The SMILES string of the molecule is CCCCC(F)(F)C(O)CC[C@@H]1[C@@H](C/C=C\CCCCCC(=O)Oc2ccccc2)[C@@H](O)C[C@H]1OC1CCCCO1. The molecular weight excluding hydrogens is 530 g/mol. The van der Waals surface area contributed by atoms with Gasteiger partial charge >= 0.3 is 5.97 Å². The van der Waals surface area contributed by atoms with Crippen molar-refractivity contribution >= 4 is 5.97 Å². The second kappa shape index (κ2) is 17.9. The van der Waals surface area contributed by atoms with Crippen LogP contribution in [0.3, 0.4) is 0 Å². The molecule has 0 spiro atoms. The standard InChI is InChI=1S/C33H50F2O6/c1-2-3-22-33(34,35)30(37)21-20-27-26(28(36)24-29(27)41-32-19-13-14-23-39-32)17-11-6-4-5-7-12-18-31(38)40-25-15-9-8-10-16-25/h6,8-11,15-16,26-30,32,36-37H,2-5,7,12-14,17-24H2,1H3/b11-6-/t26-,27-,28+,29-,30?,32?/m1/s1. The summed E-state index contributed by atoms with van der Waals surface area (Å²) < 4.78 is 46.2. The van der Waals surface area contributed by atoms with Crippen LogP contribution in [0.5, 0.6) is 5.75 Å². The zero-order valence-electron chi connectivity index (χ0n) is 24.6. The molecule has 41 heavy (non-hydrogen) atoms. The molecule has 1 aliphatic heterocycles. The number of carbonyl (C=O) groups is 1. The van der Waals surface area contributed by atoms with Gasteiger partial charge in [-0.05, 0) is 88.2 Å². The van der Waals surface area contributed by atoms with Gasteiger partial charge in [-0.3, -0.25) is 4.79 Å². The minimum absolute atomic E-state index is 0.0214. The normalized spacial score (nSPS) is 25.9. The first-order valence-electron chi connectivity index (χ1n) is 15.7. The maximum atomic E-state index is 14.5. The van der Waals surface area contributed by atoms with Crippen molar-refractivity contribution in [1.29, 1.82) is 0 Å². The Bertz CT molecular complexity index is 889. The molecule has 6 atom stereocenters. The van der Waals surface area contributed by atoms with Crippen molar-refractivity contribution in [3.63, 3.8) is 0 Å². The summed E-state index contributed by atoms with van der Waals surface area (Å²) in [5, 5.41) is 21.2. The molecule has 0 aromatic heterocycles. The molecule has 2 N–H and O–H groups in total. The van der Waals surface area contributed by atoms with Gasteiger partial charge in [0, 0.05) is 25.9 Å². The third-order valence-corrected chi connectivity index (χ3v) is 8.39. The number of hydrogen-bond donors (Lipinski definition) is 2. The van der Waals surface area contributed by atoms with Crippen molar-refractivity contribution < 1.29 is 38.0 Å². The molecule has 232 valence electrons. The van der Waals surface area contributed by atoms with E-state index in [9.17, 15) is 23.8 Å². The average molecular weight is 581 g/mol. The number of alkyl halides is 2. The lowest BCUT2D eigenvalue weighted by Gasteiger charge is -2.31. The summed E-state index contributed by atoms with van der Waals surface area (Å²) >= 11 is 0. The smallest absolute Gasteiger partial charge is 0.311 e. The molecule has 1 aromatic rings. The maximum Gasteiger partial charge on any atom is 0.311 e. The predicted octanol–water partition coefficient (Wildman–Crippen LogP) is 7.36. The number of rotatable bonds is 18. The van der Waals surface area contributed by atoms with E-state index in [2.05, 4.69) is 12.2 Å². The van der Waals surface area contributed by atoms with Crippen LogP contribution in [-0.2, 0) is 14.3 Å². The topological polar surface area (TPSA) is 85.2 Å². The molecule has 1 aliphatic carbocycles. The zero-order chi connectivity index (χ0) is 29.5. The van der Waals surface area contributed by atoms with E-state index in [1.165, 1.54) is 0 Å². The molecule has 1 saturated heterocycles. The number of unbranched alkanes of at least 4 members (excludes halogenated alkanes) is 4. The molecule has 3 rings (SSSR count). The Balaban J connectivity index is 1.45. The number of halogens is 2. The van der Waals surface area contributed by atoms with Crippen molar-refractivity contribution in [2.75, 3.05) is 6.61 Å². The van der Waals surface area contributed by atoms with Gasteiger partial charge in [0.25, 0.3) is 5.92 Å². The Morgan fingerprint density at radius 3 is 2.66 bits per heavy atom. The van der Waals surface area contributed by atoms with Gasteiger partial charge in [-0.2, -0.15) is 0 Å². The first kappa shape index (κ1) is 33.6. The maximum absolute atomic E-state index is 14.5. The van der Waals surface area contributed by atoms with Crippen LogP contribution in [0.15, 0.2) is 42.5 Å². The number of hydrogen-bond acceptors (Lipinski definition) is 6. The fraction of sp³-hybridized carbons (Fsp3) is 0.727. The third-order valence-electron chi connectivity index (χ3n) is 8.39. The van der Waals surface area contributed by atoms with Gasteiger partial charge in [-0.1, -0.05) is 50.1 Å². The molecule has 1 heterocycles. The highest BCUT2D eigenvalue weighted by Crippen LogP contribution is 2.42. The molecule has 8 heteroatoms. The molecule has 0 radical (unpaired) electrons. The fourth-order valence-electron chi connectivity index (χ4n) is 5.94. The second-order valence-electron chi connectivity index (χ2n) is 11.7. The molecule has 6 nitrogen and oxygen atoms in total. The van der Waals surface area contributed by atoms with Gasteiger partial charge in [0.05, 0.1) is 12.2 Å². The first-order chi connectivity index (χ1) is 19.8. The highest BCUT2D eigenvalue weighted by molar-refractivity contribution is 5.72. The molecule has 2 aliphatic rings. The number of para-hydroxylation sites is 1. The molecule has 2 fully saturated rings.